The van der Waals surface area contributed by atoms with Crippen molar-refractivity contribution < 1.29 is 19.5 Å². The van der Waals surface area contributed by atoms with Crippen molar-refractivity contribution in [2.24, 2.45) is 23.3 Å². The van der Waals surface area contributed by atoms with E-state index in [1.165, 1.54) is 0 Å². The predicted molar refractivity (Wildman–Crippen MR) is 84.1 cm³/mol. The summed E-state index contributed by atoms with van der Waals surface area (Å²) in [5, 5.41) is 6.56. The van der Waals surface area contributed by atoms with Crippen LogP contribution in [-0.4, -0.2) is 40.4 Å². The van der Waals surface area contributed by atoms with Crippen LogP contribution in [0.15, 0.2) is 0 Å². The van der Waals surface area contributed by atoms with Crippen molar-refractivity contribution >= 4 is 17.7 Å². The van der Waals surface area contributed by atoms with E-state index in [0.717, 1.165) is 0 Å². The molecule has 0 aromatic rings. The molecule has 0 heterocycles. The summed E-state index contributed by atoms with van der Waals surface area (Å²) in [6, 6.07) is -1.43. The number of Topliss-reactive ketones (excluding diaryl/α,β-unsaturated/α-hetero) is 1. The standard InChI is InChI=1S/C15H29N3O4/c1-6-15(17,13(21)10(16)7-11(19)20)14(22)18-12(8(2)3)9(4)5/h8-10,12H,6-7,16-17H2,1-5H3,(H,18,22)(H,19,20)/t10-,15?/m0/s1/i/hD. The molecule has 2 atom stereocenters. The van der Waals surface area contributed by atoms with Crippen LogP contribution >= 0.6 is 0 Å². The Labute approximate surface area is 133 Å². The van der Waals surface area contributed by atoms with Crippen molar-refractivity contribution in [2.45, 2.75) is 65.1 Å². The highest BCUT2D eigenvalue weighted by molar-refractivity contribution is 6.13. The van der Waals surface area contributed by atoms with Gasteiger partial charge in [0.15, 0.2) is 11.3 Å². The molecule has 0 aromatic carbocycles. The Bertz CT molecular complexity index is 434. The molecule has 0 aliphatic rings. The number of carboxylic acids is 1. The Kier molecular flexibility index (Phi) is 6.96. The van der Waals surface area contributed by atoms with E-state index in [1.54, 1.807) is 6.92 Å². The van der Waals surface area contributed by atoms with Gasteiger partial charge in [-0.3, -0.25) is 14.4 Å². The molecular weight excluding hydrogens is 286 g/mol. The van der Waals surface area contributed by atoms with Crippen LogP contribution in [0, 0.1) is 11.8 Å². The number of carboxylic acid groups (broad SMARTS) is 1. The summed E-state index contributed by atoms with van der Waals surface area (Å²) >= 11 is 0. The van der Waals surface area contributed by atoms with Crippen LogP contribution < -0.4 is 16.8 Å². The van der Waals surface area contributed by atoms with Crippen molar-refractivity contribution in [3.05, 3.63) is 0 Å². The van der Waals surface area contributed by atoms with E-state index in [1.807, 2.05) is 27.7 Å². The molecular formula is C15H29N3O4. The molecule has 0 rings (SSSR count). The van der Waals surface area contributed by atoms with E-state index >= 15 is 0 Å². The van der Waals surface area contributed by atoms with Gasteiger partial charge in [0.25, 0.3) is 1.43 Å². The second-order valence-corrected chi connectivity index (χ2v) is 6.36. The van der Waals surface area contributed by atoms with E-state index < -0.39 is 35.7 Å². The predicted octanol–water partition coefficient (Wildman–Crippen LogP) is 0.262. The van der Waals surface area contributed by atoms with E-state index in [-0.39, 0.29) is 24.3 Å². The van der Waals surface area contributed by atoms with Gasteiger partial charge in [-0.1, -0.05) is 34.6 Å². The van der Waals surface area contributed by atoms with Gasteiger partial charge in [0.2, 0.25) is 5.91 Å². The van der Waals surface area contributed by atoms with Crippen molar-refractivity contribution in [3.8, 4) is 0 Å². The average Bonchev–Trinajstić information content (AvgIpc) is 2.49. The van der Waals surface area contributed by atoms with Gasteiger partial charge in [0.05, 0.1) is 12.5 Å². The lowest BCUT2D eigenvalue weighted by atomic mass is 9.84. The number of carbonyl (C=O) groups excluding carboxylic acids is 2. The number of ketones is 1. The molecule has 0 aromatic heterocycles. The van der Waals surface area contributed by atoms with Crippen LogP contribution in [0.3, 0.4) is 0 Å². The maximum Gasteiger partial charge on any atom is 0.305 e. The number of nitrogens with two attached hydrogens (primary N) is 2. The fourth-order valence-electron chi connectivity index (χ4n) is 2.43. The fraction of sp³-hybridized carbons (Fsp3) is 0.800. The van der Waals surface area contributed by atoms with Crippen molar-refractivity contribution in [2.75, 3.05) is 0 Å². The highest BCUT2D eigenvalue weighted by Gasteiger charge is 2.44. The third-order valence-electron chi connectivity index (χ3n) is 3.86. The number of hydrogen-bond acceptors (Lipinski definition) is 6. The van der Waals surface area contributed by atoms with Gasteiger partial charge in [-0.2, -0.15) is 0 Å². The van der Waals surface area contributed by atoms with Gasteiger partial charge in [-0.25, -0.2) is 0 Å². The molecule has 6 N–H and O–H groups in total. The van der Waals surface area contributed by atoms with E-state index in [2.05, 4.69) is 10.4 Å². The fourth-order valence-corrected chi connectivity index (χ4v) is 2.43. The van der Waals surface area contributed by atoms with Crippen LogP contribution in [0.2, 0.25) is 0 Å². The average molecular weight is 316 g/mol. The quantitative estimate of drug-likeness (QED) is 0.451. The first-order valence-corrected chi connectivity index (χ1v) is 7.56. The first kappa shape index (κ1) is 18.6. The molecule has 0 radical (unpaired) electrons. The first-order valence-electron chi connectivity index (χ1n) is 7.97. The SMILES string of the molecule is [2H]OC(=O)C[C@H](N)C(=O)C(N)(CC)C(=O)NC(C(C)C)C(C)C. The molecule has 0 spiro atoms. The summed E-state index contributed by atoms with van der Waals surface area (Å²) in [6.45, 7) is 9.46. The molecule has 7 nitrogen and oxygen atoms in total. The van der Waals surface area contributed by atoms with Crippen LogP contribution in [0.1, 0.15) is 47.5 Å². The highest BCUT2D eigenvalue weighted by atomic mass is 16.4. The monoisotopic (exact) mass is 316 g/mol. The molecule has 0 aliphatic heterocycles. The van der Waals surface area contributed by atoms with Crippen molar-refractivity contribution in [1.29, 1.82) is 1.43 Å². The van der Waals surface area contributed by atoms with Crippen molar-refractivity contribution in [3.63, 3.8) is 0 Å². The smallest absolute Gasteiger partial charge is 0.305 e. The largest absolute Gasteiger partial charge is 0.481 e. The molecule has 128 valence electrons. The molecule has 0 saturated carbocycles. The second kappa shape index (κ2) is 8.24. The maximum absolute atomic E-state index is 12.6. The molecule has 0 saturated heterocycles. The lowest BCUT2D eigenvalue weighted by molar-refractivity contribution is -0.143. The number of rotatable bonds is 9. The van der Waals surface area contributed by atoms with Gasteiger partial charge >= 0.3 is 5.97 Å². The minimum Gasteiger partial charge on any atom is -0.481 e. The Morgan fingerprint density at radius 1 is 1.23 bits per heavy atom. The normalized spacial score (nSPS) is 16.2. The van der Waals surface area contributed by atoms with E-state index in [4.69, 9.17) is 12.9 Å². The Morgan fingerprint density at radius 3 is 2.09 bits per heavy atom. The van der Waals surface area contributed by atoms with Gasteiger partial charge in [-0.05, 0) is 18.3 Å². The van der Waals surface area contributed by atoms with Crippen LogP contribution in [0.25, 0.3) is 1.43 Å². The number of hydrogen-bond donors (Lipinski definition) is 4. The molecule has 1 amide bonds. The minimum atomic E-state index is -1.82. The van der Waals surface area contributed by atoms with E-state index in [0.29, 0.717) is 0 Å². The maximum atomic E-state index is 12.6. The van der Waals surface area contributed by atoms with Gasteiger partial charge in [-0.15, -0.1) is 0 Å². The third kappa shape index (κ3) is 5.06. The van der Waals surface area contributed by atoms with Crippen molar-refractivity contribution in [1.82, 2.24) is 5.32 Å². The van der Waals surface area contributed by atoms with Crippen LogP contribution in [-0.2, 0) is 14.4 Å². The van der Waals surface area contributed by atoms with Gasteiger partial charge < -0.3 is 21.9 Å². The molecule has 0 aliphatic carbocycles. The van der Waals surface area contributed by atoms with E-state index in [9.17, 15) is 14.4 Å². The zero-order chi connectivity index (χ0) is 18.4. The third-order valence-corrected chi connectivity index (χ3v) is 3.86. The zero-order valence-corrected chi connectivity index (χ0v) is 14.0. The summed E-state index contributed by atoms with van der Waals surface area (Å²) in [5.41, 5.74) is 9.84. The Hall–Kier alpha value is -1.47. The molecule has 7 heteroatoms. The molecule has 0 bridgehead atoms. The van der Waals surface area contributed by atoms with Gasteiger partial charge in [0, 0.05) is 6.04 Å². The zero-order valence-electron chi connectivity index (χ0n) is 15.0. The molecule has 22 heavy (non-hydrogen) atoms. The first-order chi connectivity index (χ1) is 10.5. The Balaban J connectivity index is 5.23. The van der Waals surface area contributed by atoms with Crippen LogP contribution in [0.5, 0.6) is 0 Å². The summed E-state index contributed by atoms with van der Waals surface area (Å²) in [5.74, 6) is -1.96. The number of aliphatic carboxylic acids is 1. The molecule has 0 fully saturated rings. The van der Waals surface area contributed by atoms with Crippen LogP contribution in [0.4, 0.5) is 0 Å². The summed E-state index contributed by atoms with van der Waals surface area (Å²) in [4.78, 5) is 36.1. The molecule has 1 unspecified atom stereocenters. The summed E-state index contributed by atoms with van der Waals surface area (Å²) in [6.07, 6.45) is -0.448. The number of amides is 1. The topological polar surface area (TPSA) is 136 Å². The lowest BCUT2D eigenvalue weighted by Gasteiger charge is -2.33. The van der Waals surface area contributed by atoms with Gasteiger partial charge in [0.1, 0.15) is 0 Å². The second-order valence-electron chi connectivity index (χ2n) is 6.36. The summed E-state index contributed by atoms with van der Waals surface area (Å²) in [7, 11) is 0. The Morgan fingerprint density at radius 2 is 1.73 bits per heavy atom. The summed E-state index contributed by atoms with van der Waals surface area (Å²) < 4.78 is 6.49. The number of nitrogens with one attached hydrogen (secondary N) is 1. The minimum absolute atomic E-state index is 0.0458. The lowest BCUT2D eigenvalue weighted by Crippen LogP contribution is -2.65. The highest BCUT2D eigenvalue weighted by Crippen LogP contribution is 2.17. The number of carbonyl (C=O) groups is 3.